The Hall–Kier alpha value is -1.55. The number of hydrogen-bond acceptors (Lipinski definition) is 3. The van der Waals surface area contributed by atoms with Crippen molar-refractivity contribution in [3.05, 3.63) is 39.8 Å². The molecule has 22 heavy (non-hydrogen) atoms. The molecule has 1 aromatic carbocycles. The molecule has 0 fully saturated rings. The molecule has 0 unspecified atom stereocenters. The summed E-state index contributed by atoms with van der Waals surface area (Å²) >= 11 is 1.49. The van der Waals surface area contributed by atoms with E-state index in [1.165, 1.54) is 16.7 Å². The molecule has 1 aliphatic rings. The van der Waals surface area contributed by atoms with Gasteiger partial charge in [0, 0.05) is 11.8 Å². The minimum absolute atomic E-state index is 0.138. The van der Waals surface area contributed by atoms with Crippen molar-refractivity contribution in [1.82, 2.24) is 4.90 Å². The Labute approximate surface area is 136 Å². The zero-order valence-corrected chi connectivity index (χ0v) is 14.7. The van der Waals surface area contributed by atoms with Crippen molar-refractivity contribution in [3.63, 3.8) is 0 Å². The molecule has 0 spiro atoms. The molecule has 4 heteroatoms. The molecule has 0 bridgehead atoms. The fourth-order valence-electron chi connectivity index (χ4n) is 2.66. The number of benzene rings is 1. The summed E-state index contributed by atoms with van der Waals surface area (Å²) < 4.78 is 0. The zero-order valence-electron chi connectivity index (χ0n) is 13.9. The normalized spacial score (nSPS) is 15.5. The largest absolute Gasteiger partial charge is 0.274 e. The van der Waals surface area contributed by atoms with Crippen LogP contribution in [0.4, 0.5) is 0 Å². The lowest BCUT2D eigenvalue weighted by Gasteiger charge is -2.14. The molecule has 0 aliphatic carbocycles. The highest BCUT2D eigenvalue weighted by atomic mass is 32.2. The second kappa shape index (κ2) is 6.69. The molecule has 0 N–H and O–H groups in total. The number of thioether (sulfide) groups is 1. The van der Waals surface area contributed by atoms with Crippen LogP contribution in [0.1, 0.15) is 43.9 Å². The maximum atomic E-state index is 12.8. The van der Waals surface area contributed by atoms with Gasteiger partial charge in [0.15, 0.2) is 0 Å². The van der Waals surface area contributed by atoms with E-state index in [4.69, 9.17) is 0 Å². The minimum atomic E-state index is -0.151. The molecule has 3 nitrogen and oxygen atoms in total. The van der Waals surface area contributed by atoms with Crippen LogP contribution in [-0.2, 0) is 9.59 Å². The molecule has 0 aromatic heterocycles. The van der Waals surface area contributed by atoms with Gasteiger partial charge in [-0.25, -0.2) is 0 Å². The van der Waals surface area contributed by atoms with Crippen molar-refractivity contribution in [2.75, 3.05) is 6.54 Å². The van der Waals surface area contributed by atoms with Crippen LogP contribution in [0.25, 0.3) is 5.57 Å². The zero-order chi connectivity index (χ0) is 16.4. The summed E-state index contributed by atoms with van der Waals surface area (Å²) in [4.78, 5) is 27.4. The second-order valence-corrected chi connectivity index (χ2v) is 7.54. The van der Waals surface area contributed by atoms with Crippen molar-refractivity contribution >= 4 is 29.1 Å². The number of carbonyl (C=O) groups is 2. The van der Waals surface area contributed by atoms with E-state index in [-0.39, 0.29) is 17.1 Å². The van der Waals surface area contributed by atoms with Crippen molar-refractivity contribution < 1.29 is 9.59 Å². The van der Waals surface area contributed by atoms with Gasteiger partial charge >= 0.3 is 0 Å². The van der Waals surface area contributed by atoms with E-state index in [1.54, 1.807) is 0 Å². The third kappa shape index (κ3) is 3.12. The Bertz CT molecular complexity index is 646. The number of aryl methyl sites for hydroxylation is 2. The van der Waals surface area contributed by atoms with Crippen LogP contribution in [0.5, 0.6) is 0 Å². The number of hydrogen-bond donors (Lipinski definition) is 0. The van der Waals surface area contributed by atoms with Crippen LogP contribution in [0, 0.1) is 13.8 Å². The highest BCUT2D eigenvalue weighted by molar-refractivity contribution is 8.04. The lowest BCUT2D eigenvalue weighted by Crippen LogP contribution is -2.32. The van der Waals surface area contributed by atoms with E-state index in [1.807, 2.05) is 46.8 Å². The van der Waals surface area contributed by atoms with Gasteiger partial charge < -0.3 is 0 Å². The Morgan fingerprint density at radius 3 is 2.36 bits per heavy atom. The van der Waals surface area contributed by atoms with Gasteiger partial charge in [-0.05, 0) is 31.4 Å². The number of amides is 2. The summed E-state index contributed by atoms with van der Waals surface area (Å²) in [7, 11) is 0. The smallest absolute Gasteiger partial charge is 0.267 e. The fourth-order valence-corrected chi connectivity index (χ4v) is 3.65. The van der Waals surface area contributed by atoms with Crippen molar-refractivity contribution in [2.45, 2.75) is 46.3 Å². The van der Waals surface area contributed by atoms with E-state index in [0.29, 0.717) is 17.0 Å². The van der Waals surface area contributed by atoms with Gasteiger partial charge in [-0.15, -0.1) is 11.8 Å². The van der Waals surface area contributed by atoms with E-state index in [2.05, 4.69) is 6.07 Å². The molecule has 2 rings (SSSR count). The molecule has 0 saturated carbocycles. The Balaban J connectivity index is 2.57. The predicted molar refractivity (Wildman–Crippen MR) is 92.6 cm³/mol. The molecular weight excluding hydrogens is 294 g/mol. The second-order valence-electron chi connectivity index (χ2n) is 5.95. The van der Waals surface area contributed by atoms with Gasteiger partial charge in [0.2, 0.25) is 0 Å². The first-order valence-corrected chi connectivity index (χ1v) is 8.59. The van der Waals surface area contributed by atoms with Gasteiger partial charge in [-0.2, -0.15) is 0 Å². The summed E-state index contributed by atoms with van der Waals surface area (Å²) in [6.45, 7) is 10.6. The Morgan fingerprint density at radius 2 is 1.82 bits per heavy atom. The average Bonchev–Trinajstić information content (AvgIpc) is 2.64. The van der Waals surface area contributed by atoms with Crippen LogP contribution in [-0.4, -0.2) is 28.5 Å². The van der Waals surface area contributed by atoms with E-state index < -0.39 is 0 Å². The monoisotopic (exact) mass is 317 g/mol. The molecule has 0 saturated heterocycles. The first-order valence-electron chi connectivity index (χ1n) is 7.71. The summed E-state index contributed by atoms with van der Waals surface area (Å²) in [6, 6.07) is 6.01. The quantitative estimate of drug-likeness (QED) is 0.772. The summed E-state index contributed by atoms with van der Waals surface area (Å²) in [5, 5.41) is 0.258. The number of carbonyl (C=O) groups excluding carboxylic acids is 2. The Morgan fingerprint density at radius 1 is 1.14 bits per heavy atom. The summed E-state index contributed by atoms with van der Waals surface area (Å²) in [6.07, 6.45) is 0.775. The SMILES string of the molecule is CCCN1C(=O)C(SC(C)C)=C(c2ccc(C)cc2C)C1=O. The number of nitrogens with zero attached hydrogens (tertiary/aromatic N) is 1. The summed E-state index contributed by atoms with van der Waals surface area (Å²) in [5.41, 5.74) is 3.65. The summed E-state index contributed by atoms with van der Waals surface area (Å²) in [5.74, 6) is -0.289. The molecule has 1 aromatic rings. The van der Waals surface area contributed by atoms with Crippen molar-refractivity contribution in [1.29, 1.82) is 0 Å². The molecule has 0 atom stereocenters. The topological polar surface area (TPSA) is 37.4 Å². The number of imide groups is 1. The van der Waals surface area contributed by atoms with Gasteiger partial charge in [-0.3, -0.25) is 14.5 Å². The maximum Gasteiger partial charge on any atom is 0.267 e. The molecule has 1 heterocycles. The third-order valence-corrected chi connectivity index (χ3v) is 4.66. The van der Waals surface area contributed by atoms with E-state index in [0.717, 1.165) is 23.1 Å². The molecule has 1 aliphatic heterocycles. The number of rotatable bonds is 5. The van der Waals surface area contributed by atoms with Crippen LogP contribution < -0.4 is 0 Å². The molecule has 118 valence electrons. The third-order valence-electron chi connectivity index (χ3n) is 3.58. The lowest BCUT2D eigenvalue weighted by atomic mass is 9.99. The van der Waals surface area contributed by atoms with Crippen LogP contribution in [0.15, 0.2) is 23.1 Å². The first-order chi connectivity index (χ1) is 10.4. The molecule has 2 amide bonds. The van der Waals surface area contributed by atoms with E-state index >= 15 is 0 Å². The van der Waals surface area contributed by atoms with Gasteiger partial charge in [0.05, 0.1) is 10.5 Å². The molecule has 0 radical (unpaired) electrons. The van der Waals surface area contributed by atoms with Crippen LogP contribution in [0.2, 0.25) is 0 Å². The van der Waals surface area contributed by atoms with Gasteiger partial charge in [0.1, 0.15) is 0 Å². The fraction of sp³-hybridized carbons (Fsp3) is 0.444. The minimum Gasteiger partial charge on any atom is -0.274 e. The Kier molecular flexibility index (Phi) is 5.12. The van der Waals surface area contributed by atoms with Crippen molar-refractivity contribution in [2.24, 2.45) is 0 Å². The first kappa shape index (κ1) is 16.8. The highest BCUT2D eigenvalue weighted by Crippen LogP contribution is 2.38. The average molecular weight is 317 g/mol. The van der Waals surface area contributed by atoms with Crippen LogP contribution in [0.3, 0.4) is 0 Å². The van der Waals surface area contributed by atoms with Gasteiger partial charge in [0.25, 0.3) is 11.8 Å². The highest BCUT2D eigenvalue weighted by Gasteiger charge is 2.39. The maximum absolute atomic E-state index is 12.8. The standard InChI is InChI=1S/C18H23NO2S/c1-6-9-19-17(20)15(16(18(19)21)22-11(2)3)14-8-7-12(4)10-13(14)5/h7-8,10-11H,6,9H2,1-5H3. The predicted octanol–water partition coefficient (Wildman–Crippen LogP) is 3.93. The van der Waals surface area contributed by atoms with Gasteiger partial charge in [-0.1, -0.05) is 44.5 Å². The van der Waals surface area contributed by atoms with Crippen LogP contribution >= 0.6 is 11.8 Å². The van der Waals surface area contributed by atoms with Crippen molar-refractivity contribution in [3.8, 4) is 0 Å². The molecular formula is C18H23NO2S. The van der Waals surface area contributed by atoms with E-state index in [9.17, 15) is 9.59 Å². The lowest BCUT2D eigenvalue weighted by molar-refractivity contribution is -0.136.